The van der Waals surface area contributed by atoms with Crippen LogP contribution in [0.15, 0.2) is 24.3 Å². The minimum atomic E-state index is -0.313. The van der Waals surface area contributed by atoms with E-state index in [1.54, 1.807) is 0 Å². The highest BCUT2D eigenvalue weighted by atomic mass is 35.5. The van der Waals surface area contributed by atoms with Crippen molar-refractivity contribution in [3.05, 3.63) is 34.9 Å². The van der Waals surface area contributed by atoms with Crippen LogP contribution in [0.3, 0.4) is 0 Å². The SMILES string of the molecule is CC1CCCN(CCCCNC(=O)C2(c3ccc(Cl)cc3)CCC2)C1. The van der Waals surface area contributed by atoms with Crippen LogP contribution in [0.1, 0.15) is 57.4 Å². The lowest BCUT2D eigenvalue weighted by Crippen LogP contribution is -2.49. The third kappa shape index (κ3) is 4.57. The van der Waals surface area contributed by atoms with Gasteiger partial charge in [0.2, 0.25) is 5.91 Å². The van der Waals surface area contributed by atoms with E-state index in [-0.39, 0.29) is 11.3 Å². The van der Waals surface area contributed by atoms with Crippen molar-refractivity contribution < 1.29 is 4.79 Å². The fourth-order valence-electron chi connectivity index (χ4n) is 4.27. The lowest BCUT2D eigenvalue weighted by atomic mass is 9.64. The molecule has 1 amide bonds. The van der Waals surface area contributed by atoms with E-state index in [2.05, 4.69) is 17.1 Å². The number of halogens is 1. The van der Waals surface area contributed by atoms with Crippen molar-refractivity contribution in [2.45, 2.75) is 57.3 Å². The molecule has 1 unspecified atom stereocenters. The van der Waals surface area contributed by atoms with Crippen LogP contribution in [-0.2, 0) is 10.2 Å². The number of piperidine rings is 1. The number of amides is 1. The first-order valence-corrected chi connectivity index (χ1v) is 10.2. The summed E-state index contributed by atoms with van der Waals surface area (Å²) >= 11 is 5.99. The smallest absolute Gasteiger partial charge is 0.230 e. The summed E-state index contributed by atoms with van der Waals surface area (Å²) in [6.45, 7) is 6.80. The van der Waals surface area contributed by atoms with Gasteiger partial charge in [-0.15, -0.1) is 0 Å². The molecule has 25 heavy (non-hydrogen) atoms. The number of nitrogens with zero attached hydrogens (tertiary/aromatic N) is 1. The number of hydrogen-bond donors (Lipinski definition) is 1. The van der Waals surface area contributed by atoms with Gasteiger partial charge in [0.15, 0.2) is 0 Å². The number of hydrogen-bond acceptors (Lipinski definition) is 2. The van der Waals surface area contributed by atoms with Gasteiger partial charge in [-0.05, 0) is 75.2 Å². The van der Waals surface area contributed by atoms with Crippen molar-refractivity contribution in [2.24, 2.45) is 5.92 Å². The predicted octanol–water partition coefficient (Wildman–Crippen LogP) is 4.39. The van der Waals surface area contributed by atoms with E-state index in [4.69, 9.17) is 11.6 Å². The molecule has 1 saturated heterocycles. The lowest BCUT2D eigenvalue weighted by molar-refractivity contribution is -0.129. The second kappa shape index (κ2) is 8.55. The van der Waals surface area contributed by atoms with Crippen molar-refractivity contribution in [1.29, 1.82) is 0 Å². The van der Waals surface area contributed by atoms with Crippen LogP contribution in [0.5, 0.6) is 0 Å². The van der Waals surface area contributed by atoms with Gasteiger partial charge in [0.1, 0.15) is 0 Å². The highest BCUT2D eigenvalue weighted by molar-refractivity contribution is 6.30. The van der Waals surface area contributed by atoms with E-state index in [1.165, 1.54) is 38.9 Å². The van der Waals surface area contributed by atoms with E-state index < -0.39 is 0 Å². The fourth-order valence-corrected chi connectivity index (χ4v) is 4.39. The van der Waals surface area contributed by atoms with Gasteiger partial charge < -0.3 is 10.2 Å². The Morgan fingerprint density at radius 2 is 2.00 bits per heavy atom. The first-order chi connectivity index (χ1) is 12.1. The zero-order chi connectivity index (χ0) is 17.7. The minimum absolute atomic E-state index is 0.202. The van der Waals surface area contributed by atoms with Crippen LogP contribution in [0.4, 0.5) is 0 Å². The summed E-state index contributed by atoms with van der Waals surface area (Å²) in [4.78, 5) is 15.4. The zero-order valence-electron chi connectivity index (χ0n) is 15.4. The summed E-state index contributed by atoms with van der Waals surface area (Å²) in [5.74, 6) is 1.04. The maximum atomic E-state index is 12.8. The molecular formula is C21H31ClN2O. The molecule has 1 heterocycles. The number of carbonyl (C=O) groups is 1. The van der Waals surface area contributed by atoms with Gasteiger partial charge in [0, 0.05) is 18.1 Å². The van der Waals surface area contributed by atoms with E-state index >= 15 is 0 Å². The number of carbonyl (C=O) groups excluding carboxylic acids is 1. The monoisotopic (exact) mass is 362 g/mol. The molecule has 1 aromatic carbocycles. The van der Waals surface area contributed by atoms with Crippen LogP contribution in [-0.4, -0.2) is 37.0 Å². The number of likely N-dealkylation sites (tertiary alicyclic amines) is 1. The minimum Gasteiger partial charge on any atom is -0.355 e. The first-order valence-electron chi connectivity index (χ1n) is 9.87. The first kappa shape index (κ1) is 18.7. The van der Waals surface area contributed by atoms with Crippen LogP contribution in [0, 0.1) is 5.92 Å². The Balaban J connectivity index is 1.41. The van der Waals surface area contributed by atoms with Crippen molar-refractivity contribution in [3.8, 4) is 0 Å². The Bertz CT molecular complexity index is 568. The standard InChI is InChI=1S/C21H31ClN2O/c1-17-6-4-15-24(16-17)14-3-2-13-23-20(25)21(11-5-12-21)18-7-9-19(22)10-8-18/h7-10,17H,2-6,11-16H2,1H3,(H,23,25). The molecular weight excluding hydrogens is 332 g/mol. The molecule has 1 aromatic rings. The fraction of sp³-hybridized carbons (Fsp3) is 0.667. The topological polar surface area (TPSA) is 32.3 Å². The largest absolute Gasteiger partial charge is 0.355 e. The molecule has 0 radical (unpaired) electrons. The molecule has 0 bridgehead atoms. The third-order valence-electron chi connectivity index (χ3n) is 5.97. The number of benzene rings is 1. The molecule has 138 valence electrons. The molecule has 1 aliphatic heterocycles. The van der Waals surface area contributed by atoms with Gasteiger partial charge in [-0.3, -0.25) is 4.79 Å². The van der Waals surface area contributed by atoms with Crippen LogP contribution in [0.25, 0.3) is 0 Å². The Hall–Kier alpha value is -1.06. The van der Waals surface area contributed by atoms with Crippen molar-refractivity contribution >= 4 is 17.5 Å². The van der Waals surface area contributed by atoms with E-state index in [0.717, 1.165) is 48.7 Å². The third-order valence-corrected chi connectivity index (χ3v) is 6.22. The zero-order valence-corrected chi connectivity index (χ0v) is 16.2. The highest BCUT2D eigenvalue weighted by Crippen LogP contribution is 2.44. The van der Waals surface area contributed by atoms with Crippen molar-refractivity contribution in [3.63, 3.8) is 0 Å². The van der Waals surface area contributed by atoms with E-state index in [9.17, 15) is 4.79 Å². The quantitative estimate of drug-likeness (QED) is 0.729. The summed E-state index contributed by atoms with van der Waals surface area (Å²) < 4.78 is 0. The maximum Gasteiger partial charge on any atom is 0.230 e. The molecule has 4 heteroatoms. The average molecular weight is 363 g/mol. The van der Waals surface area contributed by atoms with Gasteiger partial charge in [-0.2, -0.15) is 0 Å². The van der Waals surface area contributed by atoms with Crippen LogP contribution in [0.2, 0.25) is 5.02 Å². The van der Waals surface area contributed by atoms with Gasteiger partial charge in [-0.1, -0.05) is 37.1 Å². The summed E-state index contributed by atoms with van der Waals surface area (Å²) in [5.41, 5.74) is 0.801. The normalized spacial score (nSPS) is 23.0. The summed E-state index contributed by atoms with van der Waals surface area (Å²) in [5, 5.41) is 3.92. The molecule has 3 nitrogen and oxygen atoms in total. The van der Waals surface area contributed by atoms with Crippen LogP contribution < -0.4 is 5.32 Å². The summed E-state index contributed by atoms with van der Waals surface area (Å²) in [6.07, 6.45) is 7.97. The molecule has 0 aromatic heterocycles. The molecule has 2 fully saturated rings. The van der Waals surface area contributed by atoms with E-state index in [0.29, 0.717) is 0 Å². The van der Waals surface area contributed by atoms with Gasteiger partial charge >= 0.3 is 0 Å². The van der Waals surface area contributed by atoms with Crippen molar-refractivity contribution in [2.75, 3.05) is 26.2 Å². The highest BCUT2D eigenvalue weighted by Gasteiger charge is 2.45. The summed E-state index contributed by atoms with van der Waals surface area (Å²) in [7, 11) is 0. The molecule has 1 saturated carbocycles. The maximum absolute atomic E-state index is 12.8. The molecule has 1 aliphatic carbocycles. The van der Waals surface area contributed by atoms with E-state index in [1.807, 2.05) is 24.3 Å². The summed E-state index contributed by atoms with van der Waals surface area (Å²) in [6, 6.07) is 7.81. The Morgan fingerprint density at radius 1 is 1.24 bits per heavy atom. The van der Waals surface area contributed by atoms with Crippen molar-refractivity contribution in [1.82, 2.24) is 10.2 Å². The number of rotatable bonds is 7. The van der Waals surface area contributed by atoms with Gasteiger partial charge in [-0.25, -0.2) is 0 Å². The lowest BCUT2D eigenvalue weighted by Gasteiger charge is -2.40. The molecule has 1 atom stereocenters. The van der Waals surface area contributed by atoms with Gasteiger partial charge in [0.25, 0.3) is 0 Å². The predicted molar refractivity (Wildman–Crippen MR) is 104 cm³/mol. The molecule has 0 spiro atoms. The Morgan fingerprint density at radius 3 is 2.64 bits per heavy atom. The number of nitrogens with one attached hydrogen (secondary N) is 1. The second-order valence-electron chi connectivity index (χ2n) is 7.95. The Kier molecular flexibility index (Phi) is 6.40. The average Bonchev–Trinajstić information content (AvgIpc) is 2.55. The number of unbranched alkanes of at least 4 members (excludes halogenated alkanes) is 1. The molecule has 2 aliphatic rings. The van der Waals surface area contributed by atoms with Crippen LogP contribution >= 0.6 is 11.6 Å². The second-order valence-corrected chi connectivity index (χ2v) is 8.39. The Labute approximate surface area is 157 Å². The van der Waals surface area contributed by atoms with Gasteiger partial charge in [0.05, 0.1) is 5.41 Å². The molecule has 1 N–H and O–H groups in total. The molecule has 3 rings (SSSR count).